The summed E-state index contributed by atoms with van der Waals surface area (Å²) in [6, 6.07) is 8.07. The van der Waals surface area contributed by atoms with E-state index in [1.807, 2.05) is 36.9 Å². The second kappa shape index (κ2) is 7.93. The first-order valence-corrected chi connectivity index (χ1v) is 8.86. The molecule has 0 N–H and O–H groups in total. The number of benzene rings is 1. The van der Waals surface area contributed by atoms with Crippen LogP contribution in [0.25, 0.3) is 10.9 Å². The van der Waals surface area contributed by atoms with Crippen LogP contribution in [0, 0.1) is 13.8 Å². The zero-order valence-electron chi connectivity index (χ0n) is 15.2. The molecule has 1 fully saturated rings. The van der Waals surface area contributed by atoms with Crippen LogP contribution >= 0.6 is 0 Å². The van der Waals surface area contributed by atoms with E-state index in [-0.39, 0.29) is 12.0 Å². The number of hydrogen-bond acceptors (Lipinski definition) is 4. The number of aromatic nitrogens is 1. The monoisotopic (exact) mass is 342 g/mol. The molecule has 5 heteroatoms. The largest absolute Gasteiger partial charge is 0.383 e. The molecule has 0 spiro atoms. The Morgan fingerprint density at radius 2 is 2.20 bits per heavy atom. The summed E-state index contributed by atoms with van der Waals surface area (Å²) in [5.74, 6) is 0.000885. The van der Waals surface area contributed by atoms with E-state index in [2.05, 4.69) is 11.1 Å². The molecule has 0 radical (unpaired) electrons. The first-order chi connectivity index (χ1) is 12.1. The van der Waals surface area contributed by atoms with Crippen LogP contribution in [-0.2, 0) is 9.47 Å². The number of carbonyl (C=O) groups excluding carboxylic acids is 1. The van der Waals surface area contributed by atoms with Crippen LogP contribution in [0.4, 0.5) is 0 Å². The predicted octanol–water partition coefficient (Wildman–Crippen LogP) is 3.12. The van der Waals surface area contributed by atoms with Crippen molar-refractivity contribution in [3.8, 4) is 0 Å². The summed E-state index contributed by atoms with van der Waals surface area (Å²) in [7, 11) is 1.65. The van der Waals surface area contributed by atoms with Gasteiger partial charge in [-0.2, -0.15) is 0 Å². The standard InChI is InChI=1S/C20H26N2O3/c1-14-6-7-19-16(11-14)12-18(15(2)21-19)20(23)22(8-10-24-3)13-17-5-4-9-25-17/h6-7,11-12,17H,4-5,8-10,13H2,1-3H3/t17-/m1/s1. The summed E-state index contributed by atoms with van der Waals surface area (Å²) in [4.78, 5) is 19.6. The number of methoxy groups -OCH3 is 1. The van der Waals surface area contributed by atoms with Crippen molar-refractivity contribution in [2.24, 2.45) is 0 Å². The molecule has 0 bridgehead atoms. The fraction of sp³-hybridized carbons (Fsp3) is 0.500. The lowest BCUT2D eigenvalue weighted by Crippen LogP contribution is -2.39. The Labute approximate surface area is 148 Å². The van der Waals surface area contributed by atoms with Gasteiger partial charge in [0.15, 0.2) is 0 Å². The van der Waals surface area contributed by atoms with Crippen molar-refractivity contribution in [3.63, 3.8) is 0 Å². The maximum Gasteiger partial charge on any atom is 0.255 e. The van der Waals surface area contributed by atoms with Crippen molar-refractivity contribution in [2.75, 3.05) is 33.4 Å². The first kappa shape index (κ1) is 17.8. The van der Waals surface area contributed by atoms with Crippen molar-refractivity contribution in [1.82, 2.24) is 9.88 Å². The summed E-state index contributed by atoms with van der Waals surface area (Å²) in [5.41, 5.74) is 3.50. The lowest BCUT2D eigenvalue weighted by Gasteiger charge is -2.26. The highest BCUT2D eigenvalue weighted by atomic mass is 16.5. The van der Waals surface area contributed by atoms with E-state index in [1.165, 1.54) is 0 Å². The Bertz CT molecular complexity index is 754. The highest BCUT2D eigenvalue weighted by Gasteiger charge is 2.24. The van der Waals surface area contributed by atoms with Crippen molar-refractivity contribution < 1.29 is 14.3 Å². The number of carbonyl (C=O) groups is 1. The normalized spacial score (nSPS) is 17.2. The van der Waals surface area contributed by atoms with E-state index >= 15 is 0 Å². The number of fused-ring (bicyclic) bond motifs is 1. The Kier molecular flexibility index (Phi) is 5.66. The number of ether oxygens (including phenoxy) is 2. The molecule has 5 nitrogen and oxygen atoms in total. The quantitative estimate of drug-likeness (QED) is 0.809. The minimum atomic E-state index is 0.000885. The van der Waals surface area contributed by atoms with Gasteiger partial charge in [0, 0.05) is 32.2 Å². The summed E-state index contributed by atoms with van der Waals surface area (Å²) in [6.07, 6.45) is 2.19. The first-order valence-electron chi connectivity index (χ1n) is 8.86. The third-order valence-corrected chi connectivity index (χ3v) is 4.69. The summed E-state index contributed by atoms with van der Waals surface area (Å²) in [5, 5.41) is 0.998. The number of nitrogens with zero attached hydrogens (tertiary/aromatic N) is 2. The topological polar surface area (TPSA) is 51.7 Å². The van der Waals surface area contributed by atoms with Gasteiger partial charge in [0.1, 0.15) is 0 Å². The van der Waals surface area contributed by atoms with E-state index in [0.717, 1.165) is 41.6 Å². The number of rotatable bonds is 6. The molecule has 2 heterocycles. The van der Waals surface area contributed by atoms with Gasteiger partial charge in [0.25, 0.3) is 5.91 Å². The predicted molar refractivity (Wildman–Crippen MR) is 98.0 cm³/mol. The summed E-state index contributed by atoms with van der Waals surface area (Å²) >= 11 is 0. The molecule has 0 aliphatic carbocycles. The molecule has 1 aromatic carbocycles. The van der Waals surface area contributed by atoms with Crippen molar-refractivity contribution in [2.45, 2.75) is 32.8 Å². The smallest absolute Gasteiger partial charge is 0.255 e. The minimum Gasteiger partial charge on any atom is -0.383 e. The molecule has 1 aliphatic rings. The second-order valence-electron chi connectivity index (χ2n) is 6.70. The summed E-state index contributed by atoms with van der Waals surface area (Å²) < 4.78 is 10.9. The van der Waals surface area contributed by atoms with Gasteiger partial charge in [-0.3, -0.25) is 9.78 Å². The van der Waals surface area contributed by atoms with Crippen LogP contribution in [0.2, 0.25) is 0 Å². The third-order valence-electron chi connectivity index (χ3n) is 4.69. The molecule has 0 saturated carbocycles. The molecule has 25 heavy (non-hydrogen) atoms. The van der Waals surface area contributed by atoms with Crippen LogP contribution in [0.5, 0.6) is 0 Å². The summed E-state index contributed by atoms with van der Waals surface area (Å²) in [6.45, 7) is 6.40. The average Bonchev–Trinajstić information content (AvgIpc) is 3.11. The molecule has 1 aliphatic heterocycles. The molecule has 0 unspecified atom stereocenters. The van der Waals surface area contributed by atoms with Gasteiger partial charge < -0.3 is 14.4 Å². The van der Waals surface area contributed by atoms with Crippen molar-refractivity contribution in [3.05, 3.63) is 41.1 Å². The van der Waals surface area contributed by atoms with Crippen LogP contribution in [-0.4, -0.2) is 55.3 Å². The van der Waals surface area contributed by atoms with Gasteiger partial charge in [-0.05, 0) is 44.9 Å². The minimum absolute atomic E-state index is 0.000885. The fourth-order valence-electron chi connectivity index (χ4n) is 3.29. The number of amides is 1. The Hall–Kier alpha value is -1.98. The van der Waals surface area contributed by atoms with Gasteiger partial charge in [0.2, 0.25) is 0 Å². The fourth-order valence-corrected chi connectivity index (χ4v) is 3.29. The highest BCUT2D eigenvalue weighted by molar-refractivity contribution is 5.98. The molecule has 2 aromatic rings. The van der Waals surface area contributed by atoms with E-state index in [9.17, 15) is 4.79 Å². The van der Waals surface area contributed by atoms with Crippen molar-refractivity contribution in [1.29, 1.82) is 0 Å². The van der Waals surface area contributed by atoms with Gasteiger partial charge in [-0.1, -0.05) is 11.6 Å². The Balaban J connectivity index is 1.88. The van der Waals surface area contributed by atoms with Crippen molar-refractivity contribution >= 4 is 16.8 Å². The number of pyridine rings is 1. The maximum atomic E-state index is 13.2. The van der Waals surface area contributed by atoms with Gasteiger partial charge in [0.05, 0.1) is 29.5 Å². The molecule has 3 rings (SSSR count). The molecular weight excluding hydrogens is 316 g/mol. The van der Waals surface area contributed by atoms with Crippen LogP contribution in [0.3, 0.4) is 0 Å². The van der Waals surface area contributed by atoms with Crippen LogP contribution in [0.1, 0.15) is 34.5 Å². The lowest BCUT2D eigenvalue weighted by molar-refractivity contribution is 0.0455. The molecule has 1 atom stereocenters. The lowest BCUT2D eigenvalue weighted by atomic mass is 10.1. The SMILES string of the molecule is COCCN(C[C@H]1CCCO1)C(=O)c1cc2cc(C)ccc2nc1C. The molecule has 1 saturated heterocycles. The Morgan fingerprint density at radius 1 is 1.36 bits per heavy atom. The van der Waals surface area contributed by atoms with Crippen LogP contribution < -0.4 is 0 Å². The van der Waals surface area contributed by atoms with E-state index in [4.69, 9.17) is 9.47 Å². The van der Waals surface area contributed by atoms with Crippen LogP contribution in [0.15, 0.2) is 24.3 Å². The zero-order chi connectivity index (χ0) is 17.8. The highest BCUT2D eigenvalue weighted by Crippen LogP contribution is 2.21. The number of hydrogen-bond donors (Lipinski definition) is 0. The third kappa shape index (κ3) is 4.17. The average molecular weight is 342 g/mol. The van der Waals surface area contributed by atoms with E-state index < -0.39 is 0 Å². The molecular formula is C20H26N2O3. The molecule has 1 aromatic heterocycles. The zero-order valence-corrected chi connectivity index (χ0v) is 15.2. The maximum absolute atomic E-state index is 13.2. The molecule has 134 valence electrons. The second-order valence-corrected chi connectivity index (χ2v) is 6.70. The van der Waals surface area contributed by atoms with Gasteiger partial charge >= 0.3 is 0 Å². The Morgan fingerprint density at radius 3 is 2.92 bits per heavy atom. The van der Waals surface area contributed by atoms with Gasteiger partial charge in [-0.15, -0.1) is 0 Å². The van der Waals surface area contributed by atoms with E-state index in [1.54, 1.807) is 7.11 Å². The number of aryl methyl sites for hydroxylation is 2. The van der Waals surface area contributed by atoms with E-state index in [0.29, 0.717) is 25.3 Å². The van der Waals surface area contributed by atoms with Gasteiger partial charge in [-0.25, -0.2) is 0 Å². The molecule has 1 amide bonds.